The second kappa shape index (κ2) is 6.31. The van der Waals surface area contributed by atoms with Crippen molar-refractivity contribution < 1.29 is 0 Å². The highest BCUT2D eigenvalue weighted by atomic mass is 15.3. The Morgan fingerprint density at radius 2 is 1.92 bits per heavy atom. The molecule has 25 heavy (non-hydrogen) atoms. The monoisotopic (exact) mass is 333 g/mol. The Morgan fingerprint density at radius 3 is 2.68 bits per heavy atom. The van der Waals surface area contributed by atoms with Crippen LogP contribution in [0, 0.1) is 20.8 Å². The van der Waals surface area contributed by atoms with E-state index in [1.165, 1.54) is 22.4 Å². The van der Waals surface area contributed by atoms with Gasteiger partial charge in [0.1, 0.15) is 5.82 Å². The van der Waals surface area contributed by atoms with Gasteiger partial charge in [-0.3, -0.25) is 0 Å². The first-order valence-corrected chi connectivity index (χ1v) is 8.83. The van der Waals surface area contributed by atoms with Gasteiger partial charge in [-0.15, -0.1) is 5.10 Å². The molecule has 0 saturated heterocycles. The van der Waals surface area contributed by atoms with Gasteiger partial charge in [-0.05, 0) is 75.4 Å². The van der Waals surface area contributed by atoms with Gasteiger partial charge in [-0.1, -0.05) is 6.07 Å². The summed E-state index contributed by atoms with van der Waals surface area (Å²) in [5.74, 6) is 0.822. The molecule has 1 aliphatic rings. The van der Waals surface area contributed by atoms with Crippen molar-refractivity contribution in [3.05, 3.63) is 64.6 Å². The van der Waals surface area contributed by atoms with E-state index in [-0.39, 0.29) is 6.04 Å². The lowest BCUT2D eigenvalue weighted by molar-refractivity contribution is 0.582. The predicted molar refractivity (Wildman–Crippen MR) is 99.1 cm³/mol. The number of anilines is 1. The van der Waals surface area contributed by atoms with Gasteiger partial charge in [0.15, 0.2) is 0 Å². The summed E-state index contributed by atoms with van der Waals surface area (Å²) < 4.78 is 2.09. The van der Waals surface area contributed by atoms with Crippen LogP contribution >= 0.6 is 0 Å². The van der Waals surface area contributed by atoms with Crippen LogP contribution in [-0.4, -0.2) is 20.0 Å². The van der Waals surface area contributed by atoms with Gasteiger partial charge < -0.3 is 5.32 Å². The van der Waals surface area contributed by atoms with Crippen molar-refractivity contribution in [2.45, 2.75) is 46.1 Å². The molecule has 0 bridgehead atoms. The highest BCUT2D eigenvalue weighted by molar-refractivity contribution is 5.44. The van der Waals surface area contributed by atoms with Crippen LogP contribution in [0.1, 0.15) is 47.0 Å². The van der Waals surface area contributed by atoms with Crippen molar-refractivity contribution >= 4 is 5.82 Å². The van der Waals surface area contributed by atoms with E-state index in [4.69, 9.17) is 0 Å². The lowest BCUT2D eigenvalue weighted by Crippen LogP contribution is -2.19. The number of aryl methyl sites for hydroxylation is 3. The van der Waals surface area contributed by atoms with Crippen LogP contribution in [0.3, 0.4) is 0 Å². The summed E-state index contributed by atoms with van der Waals surface area (Å²) >= 11 is 0. The number of aromatic nitrogens is 4. The highest BCUT2D eigenvalue weighted by Crippen LogP contribution is 2.33. The summed E-state index contributed by atoms with van der Waals surface area (Å²) in [7, 11) is 0. The number of benzene rings is 1. The Hall–Kier alpha value is -2.69. The van der Waals surface area contributed by atoms with Gasteiger partial charge in [-0.2, -0.15) is 10.2 Å². The largest absolute Gasteiger partial charge is 0.362 e. The van der Waals surface area contributed by atoms with Crippen LogP contribution in [-0.2, 0) is 6.42 Å². The molecule has 0 spiro atoms. The molecule has 0 radical (unpaired) electrons. The zero-order valence-corrected chi connectivity index (χ0v) is 15.0. The fourth-order valence-electron chi connectivity index (χ4n) is 3.44. The molecule has 0 saturated carbocycles. The highest BCUT2D eigenvalue weighted by Gasteiger charge is 2.25. The Labute approximate surface area is 148 Å². The van der Waals surface area contributed by atoms with Gasteiger partial charge in [-0.25, -0.2) is 4.68 Å². The van der Waals surface area contributed by atoms with Crippen molar-refractivity contribution in [3.63, 3.8) is 0 Å². The molecule has 1 atom stereocenters. The zero-order chi connectivity index (χ0) is 17.4. The molecular weight excluding hydrogens is 310 g/mol. The Balaban J connectivity index is 1.65. The van der Waals surface area contributed by atoms with Crippen molar-refractivity contribution in [3.8, 4) is 5.69 Å². The first-order valence-electron chi connectivity index (χ1n) is 8.83. The van der Waals surface area contributed by atoms with Crippen molar-refractivity contribution in [1.82, 2.24) is 20.0 Å². The average Bonchev–Trinajstić information content (AvgIpc) is 3.04. The van der Waals surface area contributed by atoms with Crippen LogP contribution in [0.15, 0.2) is 36.5 Å². The molecule has 4 rings (SSSR count). The number of hydrogen-bond acceptors (Lipinski definition) is 4. The molecule has 1 aliphatic carbocycles. The van der Waals surface area contributed by atoms with Crippen molar-refractivity contribution in [1.29, 1.82) is 0 Å². The van der Waals surface area contributed by atoms with E-state index in [0.717, 1.165) is 36.5 Å². The third-order valence-electron chi connectivity index (χ3n) is 5.04. The van der Waals surface area contributed by atoms with Crippen molar-refractivity contribution in [2.24, 2.45) is 0 Å². The Bertz CT molecular complexity index is 895. The predicted octanol–water partition coefficient (Wildman–Crippen LogP) is 4.08. The summed E-state index contributed by atoms with van der Waals surface area (Å²) in [6, 6.07) is 10.7. The summed E-state index contributed by atoms with van der Waals surface area (Å²) in [5, 5.41) is 16.6. The second-order valence-electron chi connectivity index (χ2n) is 6.88. The number of nitrogens with zero attached hydrogens (tertiary/aromatic N) is 4. The third-order valence-corrected chi connectivity index (χ3v) is 5.04. The average molecular weight is 333 g/mol. The minimum Gasteiger partial charge on any atom is -0.362 e. The maximum atomic E-state index is 4.69. The van der Waals surface area contributed by atoms with Crippen molar-refractivity contribution in [2.75, 3.05) is 5.32 Å². The molecule has 128 valence electrons. The first-order chi connectivity index (χ1) is 12.1. The minimum atomic E-state index is 0.237. The maximum absolute atomic E-state index is 4.69. The molecule has 0 amide bonds. The summed E-state index contributed by atoms with van der Waals surface area (Å²) in [5.41, 5.74) is 7.24. The van der Waals surface area contributed by atoms with E-state index >= 15 is 0 Å². The van der Waals surface area contributed by atoms with E-state index in [2.05, 4.69) is 57.3 Å². The molecule has 5 heteroatoms. The summed E-state index contributed by atoms with van der Waals surface area (Å²) in [6.45, 7) is 6.23. The fourth-order valence-corrected chi connectivity index (χ4v) is 3.44. The van der Waals surface area contributed by atoms with E-state index in [9.17, 15) is 0 Å². The summed E-state index contributed by atoms with van der Waals surface area (Å²) in [6.07, 6.45) is 5.28. The molecule has 0 unspecified atom stereocenters. The normalized spacial score (nSPS) is 16.5. The lowest BCUT2D eigenvalue weighted by Gasteiger charge is -2.24. The quantitative estimate of drug-likeness (QED) is 0.785. The molecule has 3 aromatic rings. The van der Waals surface area contributed by atoms with Crippen LogP contribution in [0.4, 0.5) is 5.82 Å². The molecule has 2 aromatic heterocycles. The van der Waals surface area contributed by atoms with Crippen LogP contribution in [0.5, 0.6) is 0 Å². The van der Waals surface area contributed by atoms with E-state index in [0.29, 0.717) is 0 Å². The number of nitrogens with one attached hydrogen (secondary N) is 1. The molecule has 1 aromatic carbocycles. The lowest BCUT2D eigenvalue weighted by atomic mass is 9.93. The SMILES string of the molecule is Cc1ccc(N[C@@H]2CCCc3c2cnn3-c2ccc(C)c(C)c2)nn1. The van der Waals surface area contributed by atoms with Crippen LogP contribution < -0.4 is 5.32 Å². The molecule has 1 N–H and O–H groups in total. The molecule has 0 fully saturated rings. The standard InChI is InChI=1S/C20H23N5/c1-13-7-9-16(11-14(13)2)25-19-6-4-5-18(17(19)12-21-25)22-20-10-8-15(3)23-24-20/h7-12,18H,4-6H2,1-3H3,(H,22,24)/t18-/m1/s1. The molecule has 5 nitrogen and oxygen atoms in total. The van der Waals surface area contributed by atoms with Gasteiger partial charge in [0.25, 0.3) is 0 Å². The molecule has 0 aliphatic heterocycles. The van der Waals surface area contributed by atoms with Crippen LogP contribution in [0.2, 0.25) is 0 Å². The third kappa shape index (κ3) is 3.02. The van der Waals surface area contributed by atoms with E-state index in [1.54, 1.807) is 0 Å². The molecule has 2 heterocycles. The Kier molecular flexibility index (Phi) is 3.99. The number of hydrogen-bond donors (Lipinski definition) is 1. The van der Waals surface area contributed by atoms with Gasteiger partial charge in [0.2, 0.25) is 0 Å². The smallest absolute Gasteiger partial charge is 0.149 e. The topological polar surface area (TPSA) is 55.6 Å². The fraction of sp³-hybridized carbons (Fsp3) is 0.350. The van der Waals surface area contributed by atoms with Gasteiger partial charge in [0.05, 0.1) is 23.6 Å². The van der Waals surface area contributed by atoms with Crippen LogP contribution in [0.25, 0.3) is 5.69 Å². The second-order valence-corrected chi connectivity index (χ2v) is 6.88. The molecular formula is C20H23N5. The van der Waals surface area contributed by atoms with Gasteiger partial charge in [0, 0.05) is 11.3 Å². The van der Waals surface area contributed by atoms with E-state index < -0.39 is 0 Å². The first kappa shape index (κ1) is 15.8. The Morgan fingerprint density at radius 1 is 1.04 bits per heavy atom. The van der Waals surface area contributed by atoms with E-state index in [1.807, 2.05) is 25.3 Å². The van der Waals surface area contributed by atoms with Gasteiger partial charge >= 0.3 is 0 Å². The summed E-state index contributed by atoms with van der Waals surface area (Å²) in [4.78, 5) is 0. The minimum absolute atomic E-state index is 0.237. The maximum Gasteiger partial charge on any atom is 0.149 e. The number of rotatable bonds is 3. The number of fused-ring (bicyclic) bond motifs is 1. The zero-order valence-electron chi connectivity index (χ0n) is 15.0.